The first kappa shape index (κ1) is 17.8. The van der Waals surface area contributed by atoms with Crippen LogP contribution in [0.1, 0.15) is 21.6 Å². The second-order valence-electron chi connectivity index (χ2n) is 6.68. The molecular formula is C21H18FN5O. The fourth-order valence-electron chi connectivity index (χ4n) is 3.14. The summed E-state index contributed by atoms with van der Waals surface area (Å²) in [5.41, 5.74) is 4.36. The van der Waals surface area contributed by atoms with E-state index >= 15 is 0 Å². The van der Waals surface area contributed by atoms with Crippen LogP contribution in [0.3, 0.4) is 0 Å². The van der Waals surface area contributed by atoms with Gasteiger partial charge in [0.05, 0.1) is 5.52 Å². The first-order valence-corrected chi connectivity index (χ1v) is 8.75. The monoisotopic (exact) mass is 375 g/mol. The van der Waals surface area contributed by atoms with Gasteiger partial charge in [-0.25, -0.2) is 14.4 Å². The number of hydrogen-bond donors (Lipinski definition) is 1. The Labute approximate surface area is 161 Å². The van der Waals surface area contributed by atoms with Gasteiger partial charge < -0.3 is 5.32 Å². The lowest BCUT2D eigenvalue weighted by Gasteiger charge is -2.11. The van der Waals surface area contributed by atoms with Crippen molar-refractivity contribution >= 4 is 22.5 Å². The van der Waals surface area contributed by atoms with Crippen LogP contribution in [0.25, 0.3) is 22.3 Å². The highest BCUT2D eigenvalue weighted by Crippen LogP contribution is 2.25. The van der Waals surface area contributed by atoms with Crippen molar-refractivity contribution in [2.45, 2.75) is 13.8 Å². The maximum Gasteiger partial charge on any atom is 0.273 e. The van der Waals surface area contributed by atoms with E-state index in [0.29, 0.717) is 22.6 Å². The van der Waals surface area contributed by atoms with Crippen LogP contribution in [0, 0.1) is 19.7 Å². The lowest BCUT2D eigenvalue weighted by atomic mass is 10.1. The number of halogens is 1. The summed E-state index contributed by atoms with van der Waals surface area (Å²) in [6.45, 7) is 3.73. The second-order valence-corrected chi connectivity index (χ2v) is 6.68. The van der Waals surface area contributed by atoms with Gasteiger partial charge in [0.2, 0.25) is 0 Å². The number of fused-ring (bicyclic) bond motifs is 1. The molecule has 2 heterocycles. The third kappa shape index (κ3) is 3.22. The summed E-state index contributed by atoms with van der Waals surface area (Å²) in [4.78, 5) is 21.3. The van der Waals surface area contributed by atoms with Crippen LogP contribution in [0.4, 0.5) is 10.1 Å². The first-order valence-electron chi connectivity index (χ1n) is 8.75. The number of aromatic nitrogens is 4. The summed E-state index contributed by atoms with van der Waals surface area (Å²) in [7, 11) is 1.72. The molecule has 4 rings (SSSR count). The van der Waals surface area contributed by atoms with Gasteiger partial charge in [0.15, 0.2) is 5.82 Å². The van der Waals surface area contributed by atoms with Crippen LogP contribution in [0.2, 0.25) is 0 Å². The molecule has 0 aliphatic rings. The second kappa shape index (κ2) is 6.84. The Hall–Kier alpha value is -3.61. The van der Waals surface area contributed by atoms with Crippen molar-refractivity contribution in [3.05, 3.63) is 71.4 Å². The molecule has 1 amide bonds. The van der Waals surface area contributed by atoms with Crippen LogP contribution >= 0.6 is 0 Å². The molecule has 0 spiro atoms. The van der Waals surface area contributed by atoms with Crippen LogP contribution in [-0.4, -0.2) is 25.7 Å². The largest absolute Gasteiger partial charge is 0.320 e. The smallest absolute Gasteiger partial charge is 0.273 e. The highest BCUT2D eigenvalue weighted by atomic mass is 19.1. The van der Waals surface area contributed by atoms with Gasteiger partial charge in [0.1, 0.15) is 11.5 Å². The first-order chi connectivity index (χ1) is 13.4. The maximum atomic E-state index is 13.6. The average Bonchev–Trinajstić information content (AvgIpc) is 3.09. The summed E-state index contributed by atoms with van der Waals surface area (Å²) >= 11 is 0. The van der Waals surface area contributed by atoms with Crippen molar-refractivity contribution in [1.82, 2.24) is 19.7 Å². The Balaban J connectivity index is 1.65. The van der Waals surface area contributed by atoms with E-state index in [9.17, 15) is 9.18 Å². The molecule has 0 atom stereocenters. The minimum atomic E-state index is -0.300. The lowest BCUT2D eigenvalue weighted by molar-refractivity contribution is 0.101. The van der Waals surface area contributed by atoms with Crippen molar-refractivity contribution in [3.8, 4) is 11.4 Å². The minimum absolute atomic E-state index is 0.226. The molecule has 4 aromatic rings. The Bertz CT molecular complexity index is 1210. The van der Waals surface area contributed by atoms with Crippen molar-refractivity contribution < 1.29 is 9.18 Å². The van der Waals surface area contributed by atoms with Gasteiger partial charge in [-0.3, -0.25) is 9.48 Å². The van der Waals surface area contributed by atoms with E-state index in [0.717, 1.165) is 22.2 Å². The molecule has 140 valence electrons. The molecule has 0 saturated heterocycles. The standard InChI is InChI=1S/C21H18FN5O/c1-12-8-14(4-5-17(12)25-21(28)18-6-7-24-27(18)3)20-23-11-15-10-16(22)9-13(2)19(15)26-20/h4-11H,1-3H3,(H,25,28). The SMILES string of the molecule is Cc1cc(-c2ncc3cc(F)cc(C)c3n2)ccc1NC(=O)c1ccnn1C. The molecule has 0 saturated carbocycles. The van der Waals surface area contributed by atoms with Crippen molar-refractivity contribution in [2.24, 2.45) is 7.05 Å². The number of aryl methyl sites for hydroxylation is 3. The number of rotatable bonds is 3. The number of carbonyl (C=O) groups excluding carboxylic acids is 1. The normalized spacial score (nSPS) is 11.0. The van der Waals surface area contributed by atoms with Crippen molar-refractivity contribution in [3.63, 3.8) is 0 Å². The molecule has 28 heavy (non-hydrogen) atoms. The molecule has 0 aliphatic carbocycles. The van der Waals surface area contributed by atoms with E-state index < -0.39 is 0 Å². The van der Waals surface area contributed by atoms with Gasteiger partial charge in [0, 0.05) is 36.1 Å². The number of hydrogen-bond acceptors (Lipinski definition) is 4. The highest BCUT2D eigenvalue weighted by Gasteiger charge is 2.13. The van der Waals surface area contributed by atoms with Gasteiger partial charge >= 0.3 is 0 Å². The van der Waals surface area contributed by atoms with Crippen LogP contribution in [0.5, 0.6) is 0 Å². The molecule has 2 aromatic heterocycles. The van der Waals surface area contributed by atoms with Gasteiger partial charge in [-0.2, -0.15) is 5.10 Å². The number of carbonyl (C=O) groups is 1. The van der Waals surface area contributed by atoms with Crippen LogP contribution in [0.15, 0.2) is 48.8 Å². The average molecular weight is 375 g/mol. The predicted molar refractivity (Wildman–Crippen MR) is 106 cm³/mol. The van der Waals surface area contributed by atoms with Gasteiger partial charge in [0.25, 0.3) is 5.91 Å². The van der Waals surface area contributed by atoms with E-state index in [-0.39, 0.29) is 11.7 Å². The number of nitrogens with one attached hydrogen (secondary N) is 1. The van der Waals surface area contributed by atoms with E-state index in [1.165, 1.54) is 16.8 Å². The van der Waals surface area contributed by atoms with Crippen LogP contribution in [-0.2, 0) is 7.05 Å². The molecule has 0 aliphatic heterocycles. The molecule has 0 unspecified atom stereocenters. The summed E-state index contributed by atoms with van der Waals surface area (Å²) in [5, 5.41) is 7.57. The highest BCUT2D eigenvalue weighted by molar-refractivity contribution is 6.03. The summed E-state index contributed by atoms with van der Waals surface area (Å²) in [6.07, 6.45) is 3.21. The molecule has 0 radical (unpaired) electrons. The molecule has 1 N–H and O–H groups in total. The van der Waals surface area contributed by atoms with Crippen LogP contribution < -0.4 is 5.32 Å². The quantitative estimate of drug-likeness (QED) is 0.587. The summed E-state index contributed by atoms with van der Waals surface area (Å²) < 4.78 is 15.1. The van der Waals surface area contributed by atoms with E-state index in [1.807, 2.05) is 32.0 Å². The zero-order chi connectivity index (χ0) is 19.8. The molecule has 0 bridgehead atoms. The molecular weight excluding hydrogens is 357 g/mol. The molecule has 7 heteroatoms. The zero-order valence-electron chi connectivity index (χ0n) is 15.7. The number of amides is 1. The van der Waals surface area contributed by atoms with Gasteiger partial charge in [-0.15, -0.1) is 0 Å². The van der Waals surface area contributed by atoms with Crippen molar-refractivity contribution in [1.29, 1.82) is 0 Å². The Morgan fingerprint density at radius 1 is 1.11 bits per heavy atom. The van der Waals surface area contributed by atoms with E-state index in [1.54, 1.807) is 25.5 Å². The fourth-order valence-corrected chi connectivity index (χ4v) is 3.14. The van der Waals surface area contributed by atoms with E-state index in [4.69, 9.17) is 0 Å². The number of anilines is 1. The maximum absolute atomic E-state index is 13.6. The number of nitrogens with zero attached hydrogens (tertiary/aromatic N) is 4. The zero-order valence-corrected chi connectivity index (χ0v) is 15.7. The Kier molecular flexibility index (Phi) is 4.35. The lowest BCUT2D eigenvalue weighted by Crippen LogP contribution is -2.16. The fraction of sp³-hybridized carbons (Fsp3) is 0.143. The minimum Gasteiger partial charge on any atom is -0.320 e. The van der Waals surface area contributed by atoms with Crippen molar-refractivity contribution in [2.75, 3.05) is 5.32 Å². The third-order valence-corrected chi connectivity index (χ3v) is 4.62. The third-order valence-electron chi connectivity index (χ3n) is 4.62. The summed E-state index contributed by atoms with van der Waals surface area (Å²) in [5.74, 6) is 0.0241. The van der Waals surface area contributed by atoms with Gasteiger partial charge in [-0.05, 0) is 61.4 Å². The predicted octanol–water partition coefficient (Wildman–Crippen LogP) is 4.04. The molecule has 6 nitrogen and oxygen atoms in total. The van der Waals surface area contributed by atoms with E-state index in [2.05, 4.69) is 20.4 Å². The Morgan fingerprint density at radius 3 is 2.64 bits per heavy atom. The number of benzene rings is 2. The summed E-state index contributed by atoms with van der Waals surface area (Å²) in [6, 6.07) is 10.1. The van der Waals surface area contributed by atoms with Gasteiger partial charge in [-0.1, -0.05) is 0 Å². The molecule has 2 aromatic carbocycles. The molecule has 0 fully saturated rings. The topological polar surface area (TPSA) is 72.7 Å². The Morgan fingerprint density at radius 2 is 1.93 bits per heavy atom.